The fourth-order valence-corrected chi connectivity index (χ4v) is 0.799. The lowest BCUT2D eigenvalue weighted by atomic mass is 10.3. The third-order valence-corrected chi connectivity index (χ3v) is 1.29. The van der Waals surface area contributed by atoms with Gasteiger partial charge >= 0.3 is 5.97 Å². The number of halogens is 2. The number of alkyl halides is 2. The Morgan fingerprint density at radius 1 is 1.54 bits per heavy atom. The molecule has 0 spiro atoms. The highest BCUT2D eigenvalue weighted by atomic mass is 19.3. The minimum Gasteiger partial charge on any atom is -0.477 e. The van der Waals surface area contributed by atoms with Gasteiger partial charge in [-0.3, -0.25) is 0 Å². The van der Waals surface area contributed by atoms with Crippen LogP contribution in [0.3, 0.4) is 0 Å². The minimum absolute atomic E-state index is 0.211. The maximum atomic E-state index is 12.1. The maximum absolute atomic E-state index is 12.1. The molecule has 0 unspecified atom stereocenters. The highest BCUT2D eigenvalue weighted by Gasteiger charge is 2.15. The topological polar surface area (TPSA) is 63.1 Å². The van der Waals surface area contributed by atoms with Crippen LogP contribution in [0.5, 0.6) is 0 Å². The van der Waals surface area contributed by atoms with Crippen molar-refractivity contribution in [3.05, 3.63) is 23.3 Å². The Kier molecular flexibility index (Phi) is 2.50. The molecule has 1 rings (SSSR count). The summed E-state index contributed by atoms with van der Waals surface area (Å²) in [5.74, 6) is -2.09. The first-order valence-corrected chi connectivity index (χ1v) is 3.37. The molecule has 6 heteroatoms. The lowest BCUT2D eigenvalue weighted by molar-refractivity contribution is 0.0687. The molecule has 0 fully saturated rings. The van der Waals surface area contributed by atoms with Gasteiger partial charge < -0.3 is 5.11 Å². The summed E-state index contributed by atoms with van der Waals surface area (Å²) < 4.78 is 24.1. The van der Waals surface area contributed by atoms with Crippen LogP contribution in [0.2, 0.25) is 0 Å². The minimum atomic E-state index is -2.85. The molecule has 70 valence electrons. The van der Waals surface area contributed by atoms with Gasteiger partial charge in [0.15, 0.2) is 11.5 Å². The third kappa shape index (κ3) is 2.17. The van der Waals surface area contributed by atoms with E-state index in [1.54, 1.807) is 0 Å². The lowest BCUT2D eigenvalue weighted by Crippen LogP contribution is -2.06. The van der Waals surface area contributed by atoms with E-state index in [9.17, 15) is 13.6 Å². The van der Waals surface area contributed by atoms with Crippen LogP contribution in [-0.4, -0.2) is 21.0 Å². The Morgan fingerprint density at radius 2 is 2.15 bits per heavy atom. The van der Waals surface area contributed by atoms with Gasteiger partial charge in [-0.25, -0.2) is 23.5 Å². The van der Waals surface area contributed by atoms with Crippen molar-refractivity contribution < 1.29 is 18.7 Å². The van der Waals surface area contributed by atoms with E-state index in [4.69, 9.17) is 5.11 Å². The summed E-state index contributed by atoms with van der Waals surface area (Å²) in [6.07, 6.45) is -2.85. The number of hydrogen-bond acceptors (Lipinski definition) is 3. The standard InChI is InChI=1S/C7H6F2N2O2/c1-3-2-4(7(12)13)11-6(10-3)5(8)9/h2,5H,1H3,(H,12,13). The first-order valence-electron chi connectivity index (χ1n) is 3.37. The van der Waals surface area contributed by atoms with Crippen LogP contribution in [0.25, 0.3) is 0 Å². The number of aryl methyl sites for hydroxylation is 1. The van der Waals surface area contributed by atoms with Gasteiger partial charge in [-0.2, -0.15) is 0 Å². The second kappa shape index (κ2) is 3.42. The van der Waals surface area contributed by atoms with E-state index in [0.717, 1.165) is 6.07 Å². The average molecular weight is 188 g/mol. The molecule has 0 saturated heterocycles. The number of hydrogen-bond donors (Lipinski definition) is 1. The Morgan fingerprint density at radius 3 is 2.62 bits per heavy atom. The van der Waals surface area contributed by atoms with Crippen LogP contribution in [-0.2, 0) is 0 Å². The maximum Gasteiger partial charge on any atom is 0.354 e. The van der Waals surface area contributed by atoms with Crippen molar-refractivity contribution in [2.75, 3.05) is 0 Å². The molecule has 1 heterocycles. The van der Waals surface area contributed by atoms with E-state index in [1.807, 2.05) is 0 Å². The van der Waals surface area contributed by atoms with E-state index in [2.05, 4.69) is 9.97 Å². The Bertz CT molecular complexity index is 341. The molecule has 0 amide bonds. The number of aromatic carboxylic acids is 1. The zero-order chi connectivity index (χ0) is 10.0. The molecule has 0 aliphatic heterocycles. The molecule has 1 aromatic heterocycles. The van der Waals surface area contributed by atoms with Gasteiger partial charge in [-0.1, -0.05) is 0 Å². The van der Waals surface area contributed by atoms with E-state index < -0.39 is 23.9 Å². The van der Waals surface area contributed by atoms with Gasteiger partial charge in [-0.15, -0.1) is 0 Å². The molecule has 1 N–H and O–H groups in total. The zero-order valence-electron chi connectivity index (χ0n) is 6.66. The Balaban J connectivity index is 3.19. The summed E-state index contributed by atoms with van der Waals surface area (Å²) in [6.45, 7) is 1.43. The van der Waals surface area contributed by atoms with Gasteiger partial charge in [0.1, 0.15) is 0 Å². The van der Waals surface area contributed by atoms with Crippen LogP contribution in [0.1, 0.15) is 28.4 Å². The summed E-state index contributed by atoms with van der Waals surface area (Å²) in [6, 6.07) is 1.13. The smallest absolute Gasteiger partial charge is 0.354 e. The molecule has 0 aromatic carbocycles. The van der Waals surface area contributed by atoms with Crippen molar-refractivity contribution in [3.8, 4) is 0 Å². The number of nitrogens with zero attached hydrogens (tertiary/aromatic N) is 2. The van der Waals surface area contributed by atoms with Gasteiger partial charge in [0.25, 0.3) is 6.43 Å². The highest BCUT2D eigenvalue weighted by Crippen LogP contribution is 2.14. The number of rotatable bonds is 2. The van der Waals surface area contributed by atoms with Crippen LogP contribution in [0, 0.1) is 6.92 Å². The summed E-state index contributed by atoms with van der Waals surface area (Å²) in [5, 5.41) is 8.48. The van der Waals surface area contributed by atoms with Crippen LogP contribution in [0.4, 0.5) is 8.78 Å². The highest BCUT2D eigenvalue weighted by molar-refractivity contribution is 5.85. The Labute approximate surface area is 72.3 Å². The molecular formula is C7H6F2N2O2. The van der Waals surface area contributed by atoms with Crippen LogP contribution in [0.15, 0.2) is 6.07 Å². The fourth-order valence-electron chi connectivity index (χ4n) is 0.799. The summed E-state index contributed by atoms with van der Waals surface area (Å²) >= 11 is 0. The summed E-state index contributed by atoms with van der Waals surface area (Å²) in [5.41, 5.74) is -0.203. The normalized spacial score (nSPS) is 10.5. The predicted octanol–water partition coefficient (Wildman–Crippen LogP) is 1.42. The Hall–Kier alpha value is -1.59. The molecule has 0 aliphatic rings. The van der Waals surface area contributed by atoms with Crippen LogP contribution >= 0.6 is 0 Å². The second-order valence-corrected chi connectivity index (χ2v) is 2.36. The van der Waals surface area contributed by atoms with Crippen molar-refractivity contribution in [2.24, 2.45) is 0 Å². The number of carbonyl (C=O) groups is 1. The molecule has 1 aromatic rings. The van der Waals surface area contributed by atoms with Gasteiger partial charge in [0, 0.05) is 5.69 Å². The van der Waals surface area contributed by atoms with Crippen molar-refractivity contribution in [3.63, 3.8) is 0 Å². The van der Waals surface area contributed by atoms with Crippen molar-refractivity contribution in [2.45, 2.75) is 13.3 Å². The summed E-state index contributed by atoms with van der Waals surface area (Å²) in [4.78, 5) is 17.0. The van der Waals surface area contributed by atoms with Gasteiger partial charge in [-0.05, 0) is 13.0 Å². The largest absolute Gasteiger partial charge is 0.477 e. The quantitative estimate of drug-likeness (QED) is 0.762. The molecule has 0 radical (unpaired) electrons. The molecule has 4 nitrogen and oxygen atoms in total. The summed E-state index contributed by atoms with van der Waals surface area (Å²) in [7, 11) is 0. The first kappa shape index (κ1) is 9.50. The number of carboxylic acid groups (broad SMARTS) is 1. The van der Waals surface area contributed by atoms with E-state index >= 15 is 0 Å². The molecule has 0 bridgehead atoms. The van der Waals surface area contributed by atoms with Crippen molar-refractivity contribution in [1.29, 1.82) is 0 Å². The van der Waals surface area contributed by atoms with Crippen LogP contribution < -0.4 is 0 Å². The van der Waals surface area contributed by atoms with Crippen molar-refractivity contribution in [1.82, 2.24) is 9.97 Å². The molecule has 0 aliphatic carbocycles. The zero-order valence-corrected chi connectivity index (χ0v) is 6.66. The molecule has 13 heavy (non-hydrogen) atoms. The van der Waals surface area contributed by atoms with E-state index in [1.165, 1.54) is 6.92 Å². The predicted molar refractivity (Wildman–Crippen MR) is 38.7 cm³/mol. The first-order chi connectivity index (χ1) is 6.00. The van der Waals surface area contributed by atoms with E-state index in [0.29, 0.717) is 0 Å². The molecular weight excluding hydrogens is 182 g/mol. The monoisotopic (exact) mass is 188 g/mol. The third-order valence-electron chi connectivity index (χ3n) is 1.29. The number of aromatic nitrogens is 2. The van der Waals surface area contributed by atoms with Crippen molar-refractivity contribution >= 4 is 5.97 Å². The van der Waals surface area contributed by atoms with Gasteiger partial charge in [0.2, 0.25) is 0 Å². The molecule has 0 atom stereocenters. The fraction of sp³-hybridized carbons (Fsp3) is 0.286. The molecule has 0 saturated carbocycles. The van der Waals surface area contributed by atoms with E-state index in [-0.39, 0.29) is 5.69 Å². The SMILES string of the molecule is Cc1cc(C(=O)O)nc(C(F)F)n1. The van der Waals surface area contributed by atoms with Gasteiger partial charge in [0.05, 0.1) is 0 Å². The number of carboxylic acids is 1. The second-order valence-electron chi connectivity index (χ2n) is 2.36. The lowest BCUT2D eigenvalue weighted by Gasteiger charge is -2.00. The average Bonchev–Trinajstić information content (AvgIpc) is 2.03.